The van der Waals surface area contributed by atoms with E-state index in [9.17, 15) is 0 Å². The molecule has 9 nitrogen and oxygen atoms in total. The molecule has 8 N–H and O–H groups in total. The summed E-state index contributed by atoms with van der Waals surface area (Å²) in [4.78, 5) is 4.67. The number of H-pyrrole nitrogens is 2. The van der Waals surface area contributed by atoms with E-state index in [0.717, 1.165) is 22.3 Å². The van der Waals surface area contributed by atoms with Crippen LogP contribution < -0.4 is 21.9 Å². The second kappa shape index (κ2) is 5.24. The first-order chi connectivity index (χ1) is 13.1. The van der Waals surface area contributed by atoms with Crippen LogP contribution >= 0.6 is 0 Å². The molecule has 0 fully saturated rings. The van der Waals surface area contributed by atoms with E-state index >= 15 is 0 Å². The third-order valence-corrected chi connectivity index (χ3v) is 4.76. The maximum absolute atomic E-state index is 6.41. The molecule has 5 aromatic rings. The van der Waals surface area contributed by atoms with Crippen LogP contribution in [0.3, 0.4) is 0 Å². The predicted molar refractivity (Wildman–Crippen MR) is 106 cm³/mol. The van der Waals surface area contributed by atoms with Crippen molar-refractivity contribution in [1.82, 2.24) is 25.4 Å². The van der Waals surface area contributed by atoms with E-state index in [0.29, 0.717) is 44.8 Å². The van der Waals surface area contributed by atoms with Crippen LogP contribution in [0.5, 0.6) is 5.75 Å². The summed E-state index contributed by atoms with van der Waals surface area (Å²) >= 11 is 0. The van der Waals surface area contributed by atoms with Gasteiger partial charge in [-0.1, -0.05) is 12.1 Å². The van der Waals surface area contributed by atoms with Crippen molar-refractivity contribution < 1.29 is 4.74 Å². The lowest BCUT2D eigenvalue weighted by Crippen LogP contribution is -1.96. The second-order valence-corrected chi connectivity index (χ2v) is 6.27. The summed E-state index contributed by atoms with van der Waals surface area (Å²) in [5, 5.41) is 16.2. The number of nitrogens with two attached hydrogens (primary N) is 3. The smallest absolute Gasteiger partial charge is 0.184 e. The molecule has 3 heterocycles. The number of hydrogen-bond donors (Lipinski definition) is 5. The van der Waals surface area contributed by atoms with Gasteiger partial charge in [0.25, 0.3) is 0 Å². The molecule has 0 saturated heterocycles. The zero-order chi connectivity index (χ0) is 18.7. The van der Waals surface area contributed by atoms with E-state index in [-0.39, 0.29) is 0 Å². The monoisotopic (exact) mass is 360 g/mol. The van der Waals surface area contributed by atoms with Crippen LogP contribution in [0.15, 0.2) is 30.3 Å². The van der Waals surface area contributed by atoms with Gasteiger partial charge in [0.2, 0.25) is 0 Å². The highest BCUT2D eigenvalue weighted by molar-refractivity contribution is 6.23. The van der Waals surface area contributed by atoms with Crippen molar-refractivity contribution >= 4 is 50.2 Å². The third-order valence-electron chi connectivity index (χ3n) is 4.76. The number of nitrogens with one attached hydrogen (secondary N) is 2. The molecule has 0 unspecified atom stereocenters. The minimum absolute atomic E-state index is 0.353. The molecule has 27 heavy (non-hydrogen) atoms. The summed E-state index contributed by atoms with van der Waals surface area (Å²) in [5.41, 5.74) is 22.8. The van der Waals surface area contributed by atoms with Crippen LogP contribution in [-0.4, -0.2) is 32.5 Å². The Morgan fingerprint density at radius 1 is 0.926 bits per heavy atom. The standard InChI is InChI=1S/C18H16N8O/c1-27-8-4-2-7(3-5-8)11-12-9(19)6-10-13(16(20)24-23-10)15(12)22-18-14(11)17(21)25-26-18/h2-6H,19H2,1H3,(H3,20,23,24)(H3,21,22,25,26). The Balaban J connectivity index is 2.02. The van der Waals surface area contributed by atoms with Gasteiger partial charge in [-0.05, 0) is 23.8 Å². The van der Waals surface area contributed by atoms with Crippen LogP contribution in [0.1, 0.15) is 0 Å². The Hall–Kier alpha value is -4.01. The van der Waals surface area contributed by atoms with Gasteiger partial charge in [-0.3, -0.25) is 10.2 Å². The Labute approximate surface area is 152 Å². The molecule has 0 radical (unpaired) electrons. The van der Waals surface area contributed by atoms with E-state index in [4.69, 9.17) is 21.9 Å². The van der Waals surface area contributed by atoms with Gasteiger partial charge >= 0.3 is 0 Å². The number of pyridine rings is 1. The lowest BCUT2D eigenvalue weighted by molar-refractivity contribution is 0.415. The Kier molecular flexibility index (Phi) is 2.96. The van der Waals surface area contributed by atoms with Crippen LogP contribution in [0.25, 0.3) is 44.0 Å². The molecule has 0 aliphatic carbocycles. The van der Waals surface area contributed by atoms with Gasteiger partial charge < -0.3 is 21.9 Å². The molecule has 0 atom stereocenters. The summed E-state index contributed by atoms with van der Waals surface area (Å²) < 4.78 is 5.27. The molecule has 0 aliphatic rings. The highest BCUT2D eigenvalue weighted by Crippen LogP contribution is 2.42. The summed E-state index contributed by atoms with van der Waals surface area (Å²) in [6, 6.07) is 9.46. The number of anilines is 3. The molecule has 0 spiro atoms. The molecular weight excluding hydrogens is 344 g/mol. The van der Waals surface area contributed by atoms with Gasteiger partial charge in [-0.2, -0.15) is 10.2 Å². The molecule has 9 heteroatoms. The van der Waals surface area contributed by atoms with Gasteiger partial charge in [0.15, 0.2) is 11.5 Å². The van der Waals surface area contributed by atoms with Crippen molar-refractivity contribution in [2.75, 3.05) is 24.3 Å². The maximum atomic E-state index is 6.41. The number of rotatable bonds is 2. The van der Waals surface area contributed by atoms with E-state index in [1.54, 1.807) is 13.2 Å². The van der Waals surface area contributed by atoms with Gasteiger partial charge in [0.05, 0.1) is 28.9 Å². The van der Waals surface area contributed by atoms with Crippen LogP contribution in [0.2, 0.25) is 0 Å². The number of fused-ring (bicyclic) bond motifs is 4. The number of aromatic nitrogens is 5. The fourth-order valence-corrected chi connectivity index (χ4v) is 3.54. The lowest BCUT2D eigenvalue weighted by atomic mass is 9.95. The Morgan fingerprint density at radius 2 is 1.70 bits per heavy atom. The van der Waals surface area contributed by atoms with E-state index < -0.39 is 0 Å². The molecule has 0 amide bonds. The van der Waals surface area contributed by atoms with Crippen molar-refractivity contribution in [3.05, 3.63) is 30.3 Å². The van der Waals surface area contributed by atoms with Crippen molar-refractivity contribution in [3.63, 3.8) is 0 Å². The predicted octanol–water partition coefficient (Wildman–Crippen LogP) is 2.41. The van der Waals surface area contributed by atoms with Crippen molar-refractivity contribution in [2.45, 2.75) is 0 Å². The van der Waals surface area contributed by atoms with E-state index in [1.165, 1.54) is 0 Å². The van der Waals surface area contributed by atoms with Crippen LogP contribution in [-0.2, 0) is 0 Å². The number of nitrogens with zero attached hydrogens (tertiary/aromatic N) is 3. The van der Waals surface area contributed by atoms with Gasteiger partial charge in [0.1, 0.15) is 11.6 Å². The molecule has 134 valence electrons. The number of ether oxygens (including phenoxy) is 1. The molecular formula is C18H16N8O. The number of methoxy groups -OCH3 is 1. The highest BCUT2D eigenvalue weighted by atomic mass is 16.5. The molecule has 0 saturated carbocycles. The number of hydrogen-bond acceptors (Lipinski definition) is 7. The minimum Gasteiger partial charge on any atom is -0.497 e. The Morgan fingerprint density at radius 3 is 2.44 bits per heavy atom. The molecule has 0 aliphatic heterocycles. The Bertz CT molecular complexity index is 1330. The molecule has 0 bridgehead atoms. The normalized spacial score (nSPS) is 11.6. The third kappa shape index (κ3) is 2.02. The van der Waals surface area contributed by atoms with E-state index in [1.807, 2.05) is 24.3 Å². The average molecular weight is 360 g/mol. The molecule has 3 aromatic heterocycles. The summed E-state index contributed by atoms with van der Waals surface area (Å²) in [7, 11) is 1.62. The molecule has 5 rings (SSSR count). The lowest BCUT2D eigenvalue weighted by Gasteiger charge is -2.12. The highest BCUT2D eigenvalue weighted by Gasteiger charge is 2.21. The number of aromatic amines is 2. The topological polar surface area (TPSA) is 158 Å². The number of benzene rings is 2. The summed E-state index contributed by atoms with van der Waals surface area (Å²) in [6.45, 7) is 0. The summed E-state index contributed by atoms with van der Waals surface area (Å²) in [6.07, 6.45) is 0. The first-order valence-electron chi connectivity index (χ1n) is 8.22. The zero-order valence-electron chi connectivity index (χ0n) is 14.4. The van der Waals surface area contributed by atoms with Gasteiger partial charge in [0, 0.05) is 16.6 Å². The van der Waals surface area contributed by atoms with Crippen molar-refractivity contribution in [1.29, 1.82) is 0 Å². The largest absolute Gasteiger partial charge is 0.497 e. The fourth-order valence-electron chi connectivity index (χ4n) is 3.54. The number of nitrogen functional groups attached to an aromatic ring is 3. The summed E-state index contributed by atoms with van der Waals surface area (Å²) in [5.74, 6) is 1.53. The van der Waals surface area contributed by atoms with Crippen molar-refractivity contribution in [2.24, 2.45) is 0 Å². The van der Waals surface area contributed by atoms with Gasteiger partial charge in [-0.25, -0.2) is 4.98 Å². The minimum atomic E-state index is 0.353. The second-order valence-electron chi connectivity index (χ2n) is 6.27. The first kappa shape index (κ1) is 15.3. The SMILES string of the molecule is COc1ccc(-c2c3c(N)[nH]nc3nc3c2c(N)cc2[nH]nc(N)c23)cc1. The van der Waals surface area contributed by atoms with Gasteiger partial charge in [-0.15, -0.1) is 0 Å². The van der Waals surface area contributed by atoms with E-state index in [2.05, 4.69) is 25.4 Å². The quantitative estimate of drug-likeness (QED) is 0.302. The van der Waals surface area contributed by atoms with Crippen LogP contribution in [0.4, 0.5) is 17.3 Å². The fraction of sp³-hybridized carbons (Fsp3) is 0.0556. The van der Waals surface area contributed by atoms with Crippen molar-refractivity contribution in [3.8, 4) is 16.9 Å². The first-order valence-corrected chi connectivity index (χ1v) is 8.22. The average Bonchev–Trinajstić information content (AvgIpc) is 3.23. The zero-order valence-corrected chi connectivity index (χ0v) is 14.4. The maximum Gasteiger partial charge on any atom is 0.184 e. The van der Waals surface area contributed by atoms with Crippen LogP contribution in [0, 0.1) is 0 Å². The molecule has 2 aromatic carbocycles.